The summed E-state index contributed by atoms with van der Waals surface area (Å²) in [5.74, 6) is 0. The number of hydrogen-bond donors (Lipinski definition) is 1. The average molecular weight is 370 g/mol. The summed E-state index contributed by atoms with van der Waals surface area (Å²) in [6.07, 6.45) is -0.103. The van der Waals surface area contributed by atoms with Gasteiger partial charge in [-0.25, -0.2) is 4.79 Å². The molecule has 0 saturated carbocycles. The Labute approximate surface area is 161 Å². The second-order valence-electron chi connectivity index (χ2n) is 7.69. The van der Waals surface area contributed by atoms with Crippen molar-refractivity contribution in [1.29, 1.82) is 0 Å². The number of aryl methyl sites for hydroxylation is 2. The van der Waals surface area contributed by atoms with Gasteiger partial charge in [0.2, 0.25) is 0 Å². The van der Waals surface area contributed by atoms with Crippen molar-refractivity contribution in [2.75, 3.05) is 18.5 Å². The first-order valence-corrected chi connectivity index (χ1v) is 9.60. The first-order valence-electron chi connectivity index (χ1n) is 9.60. The van der Waals surface area contributed by atoms with Crippen LogP contribution in [-0.4, -0.2) is 39.9 Å². The fourth-order valence-electron chi connectivity index (χ4n) is 3.70. The molecule has 0 unspecified atom stereocenters. The minimum atomic E-state index is -0.103. The van der Waals surface area contributed by atoms with Crippen LogP contribution in [0.25, 0.3) is 0 Å². The molecule has 1 N–H and O–H groups in total. The summed E-state index contributed by atoms with van der Waals surface area (Å²) in [5.41, 5.74) is 4.95. The van der Waals surface area contributed by atoms with Gasteiger partial charge in [0.25, 0.3) is 0 Å². The Morgan fingerprint density at radius 3 is 2.59 bits per heavy atom. The molecule has 6 heteroatoms. The second-order valence-corrected chi connectivity index (χ2v) is 7.69. The summed E-state index contributed by atoms with van der Waals surface area (Å²) >= 11 is 0. The number of morpholine rings is 1. The molecular weight excluding hydrogens is 340 g/mol. The molecule has 0 bridgehead atoms. The van der Waals surface area contributed by atoms with Crippen LogP contribution in [-0.2, 0) is 4.74 Å². The van der Waals surface area contributed by atoms with Gasteiger partial charge in [-0.05, 0) is 52.7 Å². The highest BCUT2D eigenvalue weighted by Gasteiger charge is 2.32. The quantitative estimate of drug-likeness (QED) is 0.872. The molecule has 2 atom stereocenters. The van der Waals surface area contributed by atoms with Crippen LogP contribution in [0.2, 0.25) is 0 Å². The molecule has 1 aromatic heterocycles. The van der Waals surface area contributed by atoms with Crippen molar-refractivity contribution in [3.8, 4) is 0 Å². The van der Waals surface area contributed by atoms with Crippen molar-refractivity contribution in [3.05, 3.63) is 46.8 Å². The van der Waals surface area contributed by atoms with E-state index >= 15 is 0 Å². The molecule has 0 radical (unpaired) electrons. The van der Waals surface area contributed by atoms with Crippen molar-refractivity contribution >= 4 is 11.7 Å². The molecule has 2 heterocycles. The summed E-state index contributed by atoms with van der Waals surface area (Å²) in [7, 11) is 0. The summed E-state index contributed by atoms with van der Waals surface area (Å²) in [5, 5.41) is 7.65. The zero-order valence-electron chi connectivity index (χ0n) is 17.1. The molecule has 27 heavy (non-hydrogen) atoms. The Morgan fingerprint density at radius 2 is 1.96 bits per heavy atom. The van der Waals surface area contributed by atoms with Gasteiger partial charge in [-0.2, -0.15) is 5.10 Å². The highest BCUT2D eigenvalue weighted by Crippen LogP contribution is 2.28. The maximum Gasteiger partial charge on any atom is 0.322 e. The lowest BCUT2D eigenvalue weighted by atomic mass is 10.0. The minimum Gasteiger partial charge on any atom is -0.370 e. The summed E-state index contributed by atoms with van der Waals surface area (Å²) < 4.78 is 7.98. The van der Waals surface area contributed by atoms with Gasteiger partial charge in [0.05, 0.1) is 36.3 Å². The lowest BCUT2D eigenvalue weighted by Crippen LogP contribution is -2.50. The molecule has 1 saturated heterocycles. The van der Waals surface area contributed by atoms with Crippen molar-refractivity contribution in [2.24, 2.45) is 0 Å². The molecule has 3 rings (SSSR count). The standard InChI is InChI=1S/C21H30N4O2/c1-13(2)25-17(6)20(16(5)23-25)22-21(26)24-11-19(27-12-15(24)4)18-10-8-7-9-14(18)3/h7-10,13,15,19H,11-12H2,1-6H3,(H,22,26)/t15-,19+/m0/s1. The van der Waals surface area contributed by atoms with E-state index in [0.29, 0.717) is 13.2 Å². The molecule has 146 valence electrons. The van der Waals surface area contributed by atoms with Gasteiger partial charge < -0.3 is 15.0 Å². The predicted octanol–water partition coefficient (Wildman–Crippen LogP) is 4.38. The van der Waals surface area contributed by atoms with Crippen LogP contribution >= 0.6 is 0 Å². The van der Waals surface area contributed by atoms with Crippen molar-refractivity contribution < 1.29 is 9.53 Å². The van der Waals surface area contributed by atoms with E-state index in [4.69, 9.17) is 4.74 Å². The topological polar surface area (TPSA) is 59.4 Å². The summed E-state index contributed by atoms with van der Waals surface area (Å²) in [4.78, 5) is 14.9. The Morgan fingerprint density at radius 1 is 1.26 bits per heavy atom. The fraction of sp³-hybridized carbons (Fsp3) is 0.524. The lowest BCUT2D eigenvalue weighted by Gasteiger charge is -2.38. The minimum absolute atomic E-state index is 0.0195. The van der Waals surface area contributed by atoms with Crippen LogP contribution in [0.3, 0.4) is 0 Å². The zero-order chi connectivity index (χ0) is 19.7. The molecule has 0 spiro atoms. The number of anilines is 1. The SMILES string of the molecule is Cc1ccccc1[C@H]1CN(C(=O)Nc2c(C)nn(C(C)C)c2C)[C@@H](C)CO1. The molecule has 1 aromatic carbocycles. The first-order chi connectivity index (χ1) is 12.8. The van der Waals surface area contributed by atoms with E-state index in [9.17, 15) is 4.79 Å². The van der Waals surface area contributed by atoms with Crippen molar-refractivity contribution in [3.63, 3.8) is 0 Å². The number of carbonyl (C=O) groups excluding carboxylic acids is 1. The van der Waals surface area contributed by atoms with Crippen molar-refractivity contribution in [1.82, 2.24) is 14.7 Å². The fourth-order valence-corrected chi connectivity index (χ4v) is 3.70. The Hall–Kier alpha value is -2.34. The maximum absolute atomic E-state index is 13.0. The molecule has 1 fully saturated rings. The largest absolute Gasteiger partial charge is 0.370 e. The average Bonchev–Trinajstić information content (AvgIpc) is 2.91. The third-order valence-electron chi connectivity index (χ3n) is 5.28. The van der Waals surface area contributed by atoms with Gasteiger partial charge in [-0.3, -0.25) is 4.68 Å². The van der Waals surface area contributed by atoms with E-state index in [-0.39, 0.29) is 24.2 Å². The van der Waals surface area contributed by atoms with Crippen LogP contribution in [0.5, 0.6) is 0 Å². The number of nitrogens with zero attached hydrogens (tertiary/aromatic N) is 3. The third kappa shape index (κ3) is 3.86. The monoisotopic (exact) mass is 370 g/mol. The number of aromatic nitrogens is 2. The molecular formula is C21H30N4O2. The van der Waals surface area contributed by atoms with Gasteiger partial charge in [-0.1, -0.05) is 24.3 Å². The van der Waals surface area contributed by atoms with Gasteiger partial charge in [0.1, 0.15) is 6.10 Å². The van der Waals surface area contributed by atoms with Crippen LogP contribution in [0.15, 0.2) is 24.3 Å². The summed E-state index contributed by atoms with van der Waals surface area (Å²) in [6, 6.07) is 8.36. The van der Waals surface area contributed by atoms with E-state index in [2.05, 4.69) is 43.3 Å². The van der Waals surface area contributed by atoms with Crippen LogP contribution < -0.4 is 5.32 Å². The van der Waals surface area contributed by atoms with E-state index in [0.717, 1.165) is 22.6 Å². The molecule has 2 amide bonds. The molecule has 1 aliphatic rings. The lowest BCUT2D eigenvalue weighted by molar-refractivity contribution is -0.0410. The van der Waals surface area contributed by atoms with Crippen LogP contribution in [0.4, 0.5) is 10.5 Å². The Balaban J connectivity index is 1.79. The molecule has 6 nitrogen and oxygen atoms in total. The van der Waals surface area contributed by atoms with Gasteiger partial charge in [-0.15, -0.1) is 0 Å². The number of hydrogen-bond acceptors (Lipinski definition) is 3. The van der Waals surface area contributed by atoms with E-state index < -0.39 is 0 Å². The Bertz CT molecular complexity index is 828. The van der Waals surface area contributed by atoms with E-state index in [1.807, 2.05) is 42.5 Å². The van der Waals surface area contributed by atoms with Crippen molar-refractivity contribution in [2.45, 2.75) is 59.7 Å². The number of benzene rings is 1. The zero-order valence-corrected chi connectivity index (χ0v) is 17.1. The van der Waals surface area contributed by atoms with Crippen LogP contribution in [0, 0.1) is 20.8 Å². The Kier molecular flexibility index (Phi) is 5.56. The second kappa shape index (κ2) is 7.72. The first kappa shape index (κ1) is 19.4. The number of amides is 2. The molecule has 0 aliphatic carbocycles. The molecule has 1 aliphatic heterocycles. The van der Waals surface area contributed by atoms with Gasteiger partial charge in [0, 0.05) is 6.04 Å². The highest BCUT2D eigenvalue weighted by molar-refractivity contribution is 5.91. The maximum atomic E-state index is 13.0. The number of carbonyl (C=O) groups is 1. The smallest absolute Gasteiger partial charge is 0.322 e. The highest BCUT2D eigenvalue weighted by atomic mass is 16.5. The normalized spacial score (nSPS) is 20.2. The predicted molar refractivity (Wildman–Crippen MR) is 107 cm³/mol. The molecule has 2 aromatic rings. The number of nitrogens with one attached hydrogen (secondary N) is 1. The van der Waals surface area contributed by atoms with Gasteiger partial charge in [0.15, 0.2) is 0 Å². The van der Waals surface area contributed by atoms with Crippen LogP contribution in [0.1, 0.15) is 55.4 Å². The van der Waals surface area contributed by atoms with Gasteiger partial charge >= 0.3 is 6.03 Å². The van der Waals surface area contributed by atoms with E-state index in [1.54, 1.807) is 0 Å². The number of ether oxygens (including phenoxy) is 1. The number of rotatable bonds is 3. The van der Waals surface area contributed by atoms with E-state index in [1.165, 1.54) is 5.56 Å². The third-order valence-corrected chi connectivity index (χ3v) is 5.28. The summed E-state index contributed by atoms with van der Waals surface area (Å²) in [6.45, 7) is 13.3. The number of urea groups is 1.